The molecule has 0 atom stereocenters. The summed E-state index contributed by atoms with van der Waals surface area (Å²) >= 11 is 0. The minimum absolute atomic E-state index is 0.202. The van der Waals surface area contributed by atoms with Gasteiger partial charge in [-0.25, -0.2) is 17.8 Å². The highest BCUT2D eigenvalue weighted by molar-refractivity contribution is 7.85. The lowest BCUT2D eigenvalue weighted by atomic mass is 10.1. The molecule has 0 unspecified atom stereocenters. The van der Waals surface area contributed by atoms with Crippen LogP contribution in [0, 0.1) is 0 Å². The molecule has 9 nitrogen and oxygen atoms in total. The second-order valence-electron chi connectivity index (χ2n) is 8.81. The summed E-state index contributed by atoms with van der Waals surface area (Å²) in [5, 5.41) is 9.45. The number of benzene rings is 1. The Bertz CT molecular complexity index is 1400. The van der Waals surface area contributed by atoms with Crippen molar-refractivity contribution < 1.29 is 31.9 Å². The summed E-state index contributed by atoms with van der Waals surface area (Å²) in [4.78, 5) is 25.1. The van der Waals surface area contributed by atoms with Gasteiger partial charge in [0.2, 0.25) is 0 Å². The van der Waals surface area contributed by atoms with E-state index >= 15 is 0 Å². The zero-order valence-corrected chi connectivity index (χ0v) is 21.7. The molecule has 2 aromatic heterocycles. The zero-order chi connectivity index (χ0) is 26.8. The van der Waals surface area contributed by atoms with Gasteiger partial charge in [0, 0.05) is 61.0 Å². The maximum absolute atomic E-state index is 12.6. The molecule has 0 saturated heterocycles. The Morgan fingerprint density at radius 2 is 1.84 bits per heavy atom. The molecule has 0 aliphatic carbocycles. The number of rotatable bonds is 14. The summed E-state index contributed by atoms with van der Waals surface area (Å²) in [6, 6.07) is 11.1. The number of hydrogen-bond donors (Lipinski definition) is 1. The number of nitrogens with zero attached hydrogens (tertiary/aromatic N) is 2. The highest BCUT2D eigenvalue weighted by atomic mass is 32.2. The summed E-state index contributed by atoms with van der Waals surface area (Å²) in [6.07, 6.45) is 10.3. The SMILES string of the molecule is CCN(CCCS(=O)(=O)[O-])c1ccc2cc(C=Cc3cc[n+](CCCCCC(=O)O)cc3)c(=O)oc2c1. The number of unbranched alkanes of at least 4 members (excludes halogenated alkanes) is 2. The van der Waals surface area contributed by atoms with Crippen molar-refractivity contribution in [3.05, 3.63) is 70.3 Å². The Kier molecular flexibility index (Phi) is 9.99. The Hall–Kier alpha value is -3.50. The number of anilines is 1. The predicted molar refractivity (Wildman–Crippen MR) is 141 cm³/mol. The van der Waals surface area contributed by atoms with E-state index in [9.17, 15) is 22.6 Å². The van der Waals surface area contributed by atoms with E-state index in [4.69, 9.17) is 9.52 Å². The second-order valence-corrected chi connectivity index (χ2v) is 10.3. The Balaban J connectivity index is 1.64. The maximum atomic E-state index is 12.6. The number of hydrogen-bond acceptors (Lipinski definition) is 7. The topological polar surface area (TPSA) is 132 Å². The van der Waals surface area contributed by atoms with E-state index < -0.39 is 27.5 Å². The average molecular weight is 529 g/mol. The minimum Gasteiger partial charge on any atom is -0.748 e. The fraction of sp³-hybridized carbons (Fsp3) is 0.370. The first-order chi connectivity index (χ1) is 17.6. The molecule has 37 heavy (non-hydrogen) atoms. The van der Waals surface area contributed by atoms with Crippen LogP contribution in [0.25, 0.3) is 23.1 Å². The number of aliphatic carboxylic acids is 1. The van der Waals surface area contributed by atoms with Gasteiger partial charge >= 0.3 is 11.6 Å². The molecule has 0 aliphatic rings. The smallest absolute Gasteiger partial charge is 0.343 e. The van der Waals surface area contributed by atoms with Crippen LogP contribution in [0.5, 0.6) is 0 Å². The lowest BCUT2D eigenvalue weighted by Gasteiger charge is -2.23. The molecule has 2 heterocycles. The molecule has 198 valence electrons. The van der Waals surface area contributed by atoms with Crippen LogP contribution in [-0.4, -0.2) is 42.9 Å². The number of pyridine rings is 1. The van der Waals surface area contributed by atoms with Gasteiger partial charge in [-0.3, -0.25) is 4.79 Å². The van der Waals surface area contributed by atoms with E-state index in [2.05, 4.69) is 0 Å². The fourth-order valence-corrected chi connectivity index (χ4v) is 4.48. The van der Waals surface area contributed by atoms with Gasteiger partial charge in [0.15, 0.2) is 12.4 Å². The minimum atomic E-state index is -4.25. The predicted octanol–water partition coefficient (Wildman–Crippen LogP) is 3.66. The van der Waals surface area contributed by atoms with Crippen LogP contribution in [-0.2, 0) is 21.5 Å². The number of carboxylic acid groups (broad SMARTS) is 1. The van der Waals surface area contributed by atoms with Crippen molar-refractivity contribution in [2.75, 3.05) is 23.7 Å². The van der Waals surface area contributed by atoms with Gasteiger partial charge < -0.3 is 19.0 Å². The lowest BCUT2D eigenvalue weighted by Crippen LogP contribution is -2.32. The molecule has 0 spiro atoms. The molecule has 3 aromatic rings. The molecule has 0 radical (unpaired) electrons. The highest BCUT2D eigenvalue weighted by Crippen LogP contribution is 2.23. The van der Waals surface area contributed by atoms with E-state index in [1.807, 2.05) is 59.1 Å². The molecule has 0 saturated carbocycles. The molecule has 0 amide bonds. The van der Waals surface area contributed by atoms with Gasteiger partial charge in [-0.05, 0) is 56.0 Å². The monoisotopic (exact) mass is 528 g/mol. The van der Waals surface area contributed by atoms with Crippen LogP contribution < -0.4 is 15.1 Å². The summed E-state index contributed by atoms with van der Waals surface area (Å²) in [5.74, 6) is -1.18. The van der Waals surface area contributed by atoms with Crippen molar-refractivity contribution in [2.45, 2.75) is 45.6 Å². The molecule has 0 fully saturated rings. The Morgan fingerprint density at radius 3 is 2.51 bits per heavy atom. The van der Waals surface area contributed by atoms with Crippen LogP contribution in [0.1, 0.15) is 50.2 Å². The van der Waals surface area contributed by atoms with Crippen LogP contribution in [0.4, 0.5) is 5.69 Å². The number of aromatic nitrogens is 1. The van der Waals surface area contributed by atoms with Gasteiger partial charge in [0.05, 0.1) is 15.7 Å². The standard InChI is InChI=1S/C27H32N2O7S/c1-2-29(15-6-18-37(33,34)35)24-11-10-22-19-23(27(32)36-25(22)20-24)9-8-21-12-16-28(17-13-21)14-5-3-4-7-26(30)31/h8-13,16-17,19-20H,2-7,14-15,18H2,1H3,(H-,30,31,33,34,35). The molecular formula is C27H32N2O7S. The van der Waals surface area contributed by atoms with Crippen LogP contribution in [0.15, 0.2) is 58.0 Å². The van der Waals surface area contributed by atoms with E-state index in [1.54, 1.807) is 18.2 Å². The highest BCUT2D eigenvalue weighted by Gasteiger charge is 2.09. The Labute approximate surface area is 216 Å². The normalized spacial score (nSPS) is 11.8. The molecule has 1 aromatic carbocycles. The summed E-state index contributed by atoms with van der Waals surface area (Å²) < 4.78 is 40.2. The van der Waals surface area contributed by atoms with Gasteiger partial charge in [0.25, 0.3) is 0 Å². The number of carboxylic acids is 1. The van der Waals surface area contributed by atoms with Gasteiger partial charge in [-0.15, -0.1) is 0 Å². The molecule has 1 N–H and O–H groups in total. The van der Waals surface area contributed by atoms with Gasteiger partial charge in [-0.2, -0.15) is 0 Å². The third kappa shape index (κ3) is 9.14. The number of fused-ring (bicyclic) bond motifs is 1. The van der Waals surface area contributed by atoms with Crippen molar-refractivity contribution in [2.24, 2.45) is 0 Å². The van der Waals surface area contributed by atoms with Crippen LogP contribution in [0.3, 0.4) is 0 Å². The first kappa shape index (κ1) is 28.1. The number of carbonyl (C=O) groups is 1. The largest absolute Gasteiger partial charge is 0.748 e. The summed E-state index contributed by atoms with van der Waals surface area (Å²) in [5.41, 5.74) is 2.09. The van der Waals surface area contributed by atoms with Gasteiger partial charge in [-0.1, -0.05) is 6.08 Å². The average Bonchev–Trinajstić information content (AvgIpc) is 2.85. The van der Waals surface area contributed by atoms with Crippen molar-refractivity contribution in [1.82, 2.24) is 0 Å². The first-order valence-corrected chi connectivity index (χ1v) is 13.9. The molecule has 0 bridgehead atoms. The fourth-order valence-electron chi connectivity index (χ4n) is 3.99. The van der Waals surface area contributed by atoms with Gasteiger partial charge in [0.1, 0.15) is 12.1 Å². The number of aryl methyl sites for hydroxylation is 1. The van der Waals surface area contributed by atoms with E-state index in [0.717, 1.165) is 36.0 Å². The molecule has 10 heteroatoms. The van der Waals surface area contributed by atoms with E-state index in [0.29, 0.717) is 30.7 Å². The first-order valence-electron chi connectivity index (χ1n) is 12.3. The second kappa shape index (κ2) is 13.2. The van der Waals surface area contributed by atoms with E-state index in [1.165, 1.54) is 0 Å². The van der Waals surface area contributed by atoms with Crippen molar-refractivity contribution in [3.63, 3.8) is 0 Å². The molecule has 3 rings (SSSR count). The molecular weight excluding hydrogens is 496 g/mol. The maximum Gasteiger partial charge on any atom is 0.343 e. The third-order valence-electron chi connectivity index (χ3n) is 5.99. The third-order valence-corrected chi connectivity index (χ3v) is 6.78. The quantitative estimate of drug-likeness (QED) is 0.145. The lowest BCUT2D eigenvalue weighted by molar-refractivity contribution is -0.697. The summed E-state index contributed by atoms with van der Waals surface area (Å²) in [7, 11) is -4.25. The Morgan fingerprint density at radius 1 is 1.08 bits per heavy atom. The van der Waals surface area contributed by atoms with Crippen LogP contribution in [0.2, 0.25) is 0 Å². The zero-order valence-electron chi connectivity index (χ0n) is 20.8. The van der Waals surface area contributed by atoms with Crippen molar-refractivity contribution >= 4 is 44.9 Å². The summed E-state index contributed by atoms with van der Waals surface area (Å²) in [6.45, 7) is 3.74. The van der Waals surface area contributed by atoms with Crippen molar-refractivity contribution in [3.8, 4) is 0 Å². The van der Waals surface area contributed by atoms with E-state index in [-0.39, 0.29) is 12.8 Å². The van der Waals surface area contributed by atoms with Crippen LogP contribution >= 0.6 is 0 Å². The van der Waals surface area contributed by atoms with Crippen molar-refractivity contribution in [1.29, 1.82) is 0 Å². The molecule has 0 aliphatic heterocycles.